The van der Waals surface area contributed by atoms with Gasteiger partial charge in [-0.2, -0.15) is 0 Å². The fourth-order valence-corrected chi connectivity index (χ4v) is 0.790. The topological polar surface area (TPSA) is 52.3 Å². The fraction of sp³-hybridized carbons (Fsp3) is 0.667. The second-order valence-corrected chi connectivity index (χ2v) is 2.96. The number of esters is 1. The van der Waals surface area contributed by atoms with Crippen LogP contribution in [0.3, 0.4) is 0 Å². The number of ether oxygens (including phenoxy) is 1. The van der Waals surface area contributed by atoms with Crippen LogP contribution < -0.4 is 5.73 Å². The number of hydrogen-bond donors (Lipinski definition) is 1. The predicted molar refractivity (Wildman–Crippen MR) is 48.4 cm³/mol. The molecule has 0 aliphatic rings. The quantitative estimate of drug-likeness (QED) is 0.516. The molecular weight excluding hydrogens is 154 g/mol. The number of carbonyl (C=O) groups is 1. The Morgan fingerprint density at radius 2 is 2.00 bits per heavy atom. The molecule has 0 rings (SSSR count). The molecule has 12 heavy (non-hydrogen) atoms. The zero-order valence-corrected chi connectivity index (χ0v) is 8.18. The number of allylic oxidation sites excluding steroid dienone is 1. The van der Waals surface area contributed by atoms with Crippen molar-refractivity contribution in [2.75, 3.05) is 6.61 Å². The van der Waals surface area contributed by atoms with Crippen LogP contribution in [0, 0.1) is 5.92 Å². The molecule has 0 spiro atoms. The summed E-state index contributed by atoms with van der Waals surface area (Å²) in [5.74, 6) is -0.127. The van der Waals surface area contributed by atoms with E-state index < -0.39 is 0 Å². The Balaban J connectivity index is 4.43. The van der Waals surface area contributed by atoms with E-state index in [1.807, 2.05) is 13.8 Å². The molecule has 3 nitrogen and oxygen atoms in total. The molecule has 0 atom stereocenters. The van der Waals surface area contributed by atoms with Crippen LogP contribution in [-0.4, -0.2) is 12.6 Å². The second-order valence-electron chi connectivity index (χ2n) is 2.96. The molecule has 0 aliphatic heterocycles. The highest BCUT2D eigenvalue weighted by Crippen LogP contribution is 2.09. The first-order chi connectivity index (χ1) is 5.50. The molecule has 0 aromatic rings. The summed E-state index contributed by atoms with van der Waals surface area (Å²) in [6.07, 6.45) is 0. The van der Waals surface area contributed by atoms with Crippen molar-refractivity contribution >= 4 is 5.97 Å². The molecule has 0 amide bonds. The van der Waals surface area contributed by atoms with Crippen LogP contribution in [0.4, 0.5) is 0 Å². The summed E-state index contributed by atoms with van der Waals surface area (Å²) in [7, 11) is 0. The van der Waals surface area contributed by atoms with Gasteiger partial charge in [0, 0.05) is 5.70 Å². The maximum atomic E-state index is 11.1. The normalized spacial score (nSPS) is 12.8. The maximum Gasteiger partial charge on any atom is 0.335 e. The van der Waals surface area contributed by atoms with Gasteiger partial charge in [-0.15, -0.1) is 0 Å². The molecule has 0 aromatic carbocycles. The number of nitrogens with two attached hydrogens (primary N) is 1. The van der Waals surface area contributed by atoms with Gasteiger partial charge in [0.1, 0.15) is 0 Å². The van der Waals surface area contributed by atoms with E-state index in [2.05, 4.69) is 0 Å². The summed E-state index contributed by atoms with van der Waals surface area (Å²) in [6.45, 7) is 7.74. The lowest BCUT2D eigenvalue weighted by molar-refractivity contribution is -0.138. The lowest BCUT2D eigenvalue weighted by atomic mass is 10.1. The Hall–Kier alpha value is -0.990. The minimum atomic E-state index is -0.316. The Morgan fingerprint density at radius 3 is 2.33 bits per heavy atom. The average Bonchev–Trinajstić information content (AvgIpc) is 2.02. The smallest absolute Gasteiger partial charge is 0.335 e. The lowest BCUT2D eigenvalue weighted by Crippen LogP contribution is -2.15. The molecular formula is C9H17NO2. The molecule has 0 aliphatic carbocycles. The minimum Gasteiger partial charge on any atom is -0.463 e. The van der Waals surface area contributed by atoms with Gasteiger partial charge in [-0.3, -0.25) is 0 Å². The van der Waals surface area contributed by atoms with Crippen molar-refractivity contribution in [3.63, 3.8) is 0 Å². The SMILES string of the molecule is CCOC(=O)C(C)=C(N)C(C)C. The van der Waals surface area contributed by atoms with E-state index in [1.165, 1.54) is 0 Å². The summed E-state index contributed by atoms with van der Waals surface area (Å²) in [5, 5.41) is 0. The van der Waals surface area contributed by atoms with Crippen molar-refractivity contribution in [1.82, 2.24) is 0 Å². The number of carbonyl (C=O) groups excluding carboxylic acids is 1. The average molecular weight is 171 g/mol. The van der Waals surface area contributed by atoms with Crippen LogP contribution in [0.25, 0.3) is 0 Å². The third-order valence-electron chi connectivity index (χ3n) is 1.64. The highest BCUT2D eigenvalue weighted by Gasteiger charge is 2.11. The van der Waals surface area contributed by atoms with E-state index in [9.17, 15) is 4.79 Å². The molecule has 0 aromatic heterocycles. The van der Waals surface area contributed by atoms with Crippen LogP contribution in [0.15, 0.2) is 11.3 Å². The number of rotatable bonds is 3. The van der Waals surface area contributed by atoms with Crippen molar-refractivity contribution in [3.8, 4) is 0 Å². The van der Waals surface area contributed by atoms with Gasteiger partial charge in [0.15, 0.2) is 0 Å². The summed E-state index contributed by atoms with van der Waals surface area (Å²) in [6, 6.07) is 0. The summed E-state index contributed by atoms with van der Waals surface area (Å²) < 4.78 is 4.80. The van der Waals surface area contributed by atoms with Crippen LogP contribution in [0.1, 0.15) is 27.7 Å². The Bertz CT molecular complexity index is 195. The molecule has 2 N–H and O–H groups in total. The van der Waals surface area contributed by atoms with Crippen molar-refractivity contribution < 1.29 is 9.53 Å². The van der Waals surface area contributed by atoms with E-state index in [4.69, 9.17) is 10.5 Å². The summed E-state index contributed by atoms with van der Waals surface area (Å²) >= 11 is 0. The van der Waals surface area contributed by atoms with Gasteiger partial charge in [-0.1, -0.05) is 13.8 Å². The first-order valence-corrected chi connectivity index (χ1v) is 4.14. The van der Waals surface area contributed by atoms with E-state index in [-0.39, 0.29) is 11.9 Å². The lowest BCUT2D eigenvalue weighted by Gasteiger charge is -2.09. The molecule has 0 heterocycles. The van der Waals surface area contributed by atoms with Gasteiger partial charge >= 0.3 is 5.97 Å². The third-order valence-corrected chi connectivity index (χ3v) is 1.64. The van der Waals surface area contributed by atoms with Crippen molar-refractivity contribution in [1.29, 1.82) is 0 Å². The highest BCUT2D eigenvalue weighted by atomic mass is 16.5. The Labute approximate surface area is 73.6 Å². The molecule has 0 fully saturated rings. The van der Waals surface area contributed by atoms with E-state index in [0.29, 0.717) is 17.9 Å². The van der Waals surface area contributed by atoms with E-state index >= 15 is 0 Å². The van der Waals surface area contributed by atoms with Crippen molar-refractivity contribution in [2.24, 2.45) is 11.7 Å². The van der Waals surface area contributed by atoms with E-state index in [0.717, 1.165) is 0 Å². The van der Waals surface area contributed by atoms with Gasteiger partial charge in [-0.25, -0.2) is 4.79 Å². The second kappa shape index (κ2) is 4.80. The Morgan fingerprint density at radius 1 is 1.50 bits per heavy atom. The first kappa shape index (κ1) is 11.0. The summed E-state index contributed by atoms with van der Waals surface area (Å²) in [5.41, 5.74) is 6.80. The monoisotopic (exact) mass is 171 g/mol. The highest BCUT2D eigenvalue weighted by molar-refractivity contribution is 5.88. The zero-order valence-electron chi connectivity index (χ0n) is 8.18. The van der Waals surface area contributed by atoms with Gasteiger partial charge in [-0.05, 0) is 19.8 Å². The molecule has 0 unspecified atom stereocenters. The molecule has 0 saturated heterocycles. The molecule has 0 saturated carbocycles. The third kappa shape index (κ3) is 2.95. The fourth-order valence-electron chi connectivity index (χ4n) is 0.790. The molecule has 70 valence electrons. The first-order valence-electron chi connectivity index (χ1n) is 4.14. The van der Waals surface area contributed by atoms with Crippen molar-refractivity contribution in [3.05, 3.63) is 11.3 Å². The minimum absolute atomic E-state index is 0.189. The van der Waals surface area contributed by atoms with Gasteiger partial charge < -0.3 is 10.5 Å². The largest absolute Gasteiger partial charge is 0.463 e. The van der Waals surface area contributed by atoms with Gasteiger partial charge in [0.05, 0.1) is 12.2 Å². The Kier molecular flexibility index (Phi) is 4.40. The van der Waals surface area contributed by atoms with Gasteiger partial charge in [0.2, 0.25) is 0 Å². The predicted octanol–water partition coefficient (Wildman–Crippen LogP) is 1.44. The van der Waals surface area contributed by atoms with Crippen LogP contribution in [0.2, 0.25) is 0 Å². The molecule has 3 heteroatoms. The molecule has 0 radical (unpaired) electrons. The van der Waals surface area contributed by atoms with Crippen LogP contribution in [0.5, 0.6) is 0 Å². The van der Waals surface area contributed by atoms with Crippen LogP contribution in [-0.2, 0) is 9.53 Å². The van der Waals surface area contributed by atoms with Crippen LogP contribution >= 0.6 is 0 Å². The zero-order chi connectivity index (χ0) is 9.72. The molecule has 0 bridgehead atoms. The van der Waals surface area contributed by atoms with E-state index in [1.54, 1.807) is 13.8 Å². The standard InChI is InChI=1S/C9H17NO2/c1-5-12-9(11)7(4)8(10)6(2)3/h6H,5,10H2,1-4H3. The summed E-state index contributed by atoms with van der Waals surface area (Å²) in [4.78, 5) is 11.1. The number of hydrogen-bond acceptors (Lipinski definition) is 3. The maximum absolute atomic E-state index is 11.1. The van der Waals surface area contributed by atoms with Gasteiger partial charge in [0.25, 0.3) is 0 Å². The van der Waals surface area contributed by atoms with Crippen molar-refractivity contribution in [2.45, 2.75) is 27.7 Å².